The van der Waals surface area contributed by atoms with E-state index in [0.717, 1.165) is 18.4 Å². The van der Waals surface area contributed by atoms with E-state index in [0.29, 0.717) is 17.9 Å². The van der Waals surface area contributed by atoms with Crippen molar-refractivity contribution < 1.29 is 18.8 Å². The van der Waals surface area contributed by atoms with Gasteiger partial charge in [-0.2, -0.15) is 0 Å². The fraction of sp³-hybridized carbons (Fsp3) is 0.500. The number of carbonyl (C=O) groups excluding carboxylic acids is 1. The molecule has 1 N–H and O–H groups in total. The van der Waals surface area contributed by atoms with Crippen molar-refractivity contribution in [1.29, 1.82) is 0 Å². The van der Waals surface area contributed by atoms with Gasteiger partial charge in [-0.1, -0.05) is 12.1 Å². The number of benzene rings is 1. The van der Waals surface area contributed by atoms with Crippen LogP contribution in [0.5, 0.6) is 5.75 Å². The molecule has 1 atom stereocenters. The molecular formula is C14H18O4S. The smallest absolute Gasteiger partial charge is 0.306 e. The second-order valence-electron chi connectivity index (χ2n) is 5.15. The Morgan fingerprint density at radius 1 is 1.47 bits per heavy atom. The molecule has 1 aliphatic rings. The van der Waals surface area contributed by atoms with Crippen LogP contribution in [0.25, 0.3) is 0 Å². The lowest BCUT2D eigenvalue weighted by Gasteiger charge is -2.13. The molecule has 0 aromatic heterocycles. The first-order valence-corrected chi connectivity index (χ1v) is 7.71. The highest BCUT2D eigenvalue weighted by atomic mass is 32.2. The average Bonchev–Trinajstić information content (AvgIpc) is 3.08. The summed E-state index contributed by atoms with van der Waals surface area (Å²) in [6.45, 7) is 0. The number of carbonyl (C=O) groups is 1. The lowest BCUT2D eigenvalue weighted by Crippen LogP contribution is -2.18. The van der Waals surface area contributed by atoms with E-state index in [1.165, 1.54) is 7.11 Å². The quantitative estimate of drug-likeness (QED) is 0.810. The maximum Gasteiger partial charge on any atom is 0.306 e. The third-order valence-electron chi connectivity index (χ3n) is 3.41. The molecule has 0 heterocycles. The van der Waals surface area contributed by atoms with Gasteiger partial charge in [-0.3, -0.25) is 9.00 Å². The van der Waals surface area contributed by atoms with Gasteiger partial charge >= 0.3 is 5.97 Å². The summed E-state index contributed by atoms with van der Waals surface area (Å²) >= 11 is 0. The fourth-order valence-corrected chi connectivity index (χ4v) is 3.88. The number of phenols is 1. The van der Waals surface area contributed by atoms with Crippen molar-refractivity contribution in [2.75, 3.05) is 12.9 Å². The summed E-state index contributed by atoms with van der Waals surface area (Å²) in [5.41, 5.74) is 0.738. The van der Waals surface area contributed by atoms with Crippen molar-refractivity contribution in [2.45, 2.75) is 25.0 Å². The fourth-order valence-electron chi connectivity index (χ4n) is 2.15. The molecular weight excluding hydrogens is 264 g/mol. The van der Waals surface area contributed by atoms with Crippen molar-refractivity contribution >= 4 is 16.8 Å². The second kappa shape index (κ2) is 5.74. The molecule has 4 nitrogen and oxygen atoms in total. The molecule has 0 bridgehead atoms. The van der Waals surface area contributed by atoms with Crippen molar-refractivity contribution in [2.24, 2.45) is 5.41 Å². The maximum atomic E-state index is 12.1. The number of phenolic OH excluding ortho intramolecular Hbond substituents is 1. The summed E-state index contributed by atoms with van der Waals surface area (Å²) in [7, 11) is 0.354. The van der Waals surface area contributed by atoms with Gasteiger partial charge in [-0.15, -0.1) is 0 Å². The molecule has 1 aromatic rings. The summed E-state index contributed by atoms with van der Waals surface area (Å²) < 4.78 is 16.8. The summed E-state index contributed by atoms with van der Waals surface area (Å²) in [4.78, 5) is 11.3. The lowest BCUT2D eigenvalue weighted by atomic mass is 10.1. The van der Waals surface area contributed by atoms with Crippen LogP contribution in [-0.4, -0.2) is 28.1 Å². The van der Waals surface area contributed by atoms with Crippen molar-refractivity contribution in [1.82, 2.24) is 0 Å². The van der Waals surface area contributed by atoms with Crippen LogP contribution in [0, 0.1) is 5.41 Å². The Morgan fingerprint density at radius 2 is 2.21 bits per heavy atom. The molecule has 0 aliphatic heterocycles. The molecule has 0 spiro atoms. The molecule has 0 saturated heterocycles. The van der Waals surface area contributed by atoms with E-state index in [-0.39, 0.29) is 17.1 Å². The van der Waals surface area contributed by atoms with Crippen LogP contribution in [0.15, 0.2) is 24.3 Å². The first-order valence-electron chi connectivity index (χ1n) is 6.23. The van der Waals surface area contributed by atoms with Crippen LogP contribution in [0.4, 0.5) is 0 Å². The summed E-state index contributed by atoms with van der Waals surface area (Å²) in [5.74, 6) is 0.895. The Morgan fingerprint density at radius 3 is 2.79 bits per heavy atom. The monoisotopic (exact) mass is 282 g/mol. The standard InChI is InChI=1S/C14H18O4S/c1-18-13(16)8-14(5-6-14)10-19(17)9-11-3-2-4-12(15)7-11/h2-4,7,15H,5-6,8-10H2,1H3. The number of rotatable bonds is 6. The van der Waals surface area contributed by atoms with E-state index >= 15 is 0 Å². The van der Waals surface area contributed by atoms with Crippen LogP contribution in [-0.2, 0) is 26.1 Å². The topological polar surface area (TPSA) is 63.6 Å². The zero-order valence-electron chi connectivity index (χ0n) is 10.9. The highest BCUT2D eigenvalue weighted by Crippen LogP contribution is 2.49. The predicted molar refractivity (Wildman–Crippen MR) is 73.1 cm³/mol. The van der Waals surface area contributed by atoms with E-state index < -0.39 is 10.8 Å². The minimum Gasteiger partial charge on any atom is -0.508 e. The molecule has 0 amide bonds. The lowest BCUT2D eigenvalue weighted by molar-refractivity contribution is -0.141. The van der Waals surface area contributed by atoms with Gasteiger partial charge in [0.1, 0.15) is 5.75 Å². The number of hydrogen-bond acceptors (Lipinski definition) is 4. The Labute approximate surface area is 115 Å². The van der Waals surface area contributed by atoms with E-state index in [1.54, 1.807) is 18.2 Å². The zero-order valence-corrected chi connectivity index (χ0v) is 11.7. The number of hydrogen-bond donors (Lipinski definition) is 1. The van der Waals surface area contributed by atoms with E-state index in [4.69, 9.17) is 0 Å². The van der Waals surface area contributed by atoms with Crippen molar-refractivity contribution in [3.63, 3.8) is 0 Å². The Balaban J connectivity index is 1.89. The molecule has 0 radical (unpaired) electrons. The third-order valence-corrected chi connectivity index (χ3v) is 5.00. The molecule has 2 rings (SSSR count). The summed E-state index contributed by atoms with van der Waals surface area (Å²) in [5, 5.41) is 9.36. The van der Waals surface area contributed by atoms with E-state index in [1.807, 2.05) is 6.07 Å². The summed E-state index contributed by atoms with van der Waals surface area (Å²) in [6.07, 6.45) is 2.23. The second-order valence-corrected chi connectivity index (χ2v) is 6.61. The molecule has 19 heavy (non-hydrogen) atoms. The third kappa shape index (κ3) is 4.06. The van der Waals surface area contributed by atoms with Crippen LogP contribution in [0.1, 0.15) is 24.8 Å². The van der Waals surface area contributed by atoms with Gasteiger partial charge in [0.2, 0.25) is 0 Å². The van der Waals surface area contributed by atoms with Gasteiger partial charge in [0.15, 0.2) is 0 Å². The highest BCUT2D eigenvalue weighted by molar-refractivity contribution is 7.84. The molecule has 5 heteroatoms. The molecule has 1 aromatic carbocycles. The van der Waals surface area contributed by atoms with Gasteiger partial charge in [0.05, 0.1) is 13.5 Å². The SMILES string of the molecule is COC(=O)CC1(CS(=O)Cc2cccc(O)c2)CC1. The van der Waals surface area contributed by atoms with Gasteiger partial charge in [-0.25, -0.2) is 0 Å². The Hall–Kier alpha value is -1.36. The van der Waals surface area contributed by atoms with Crippen LogP contribution >= 0.6 is 0 Å². The highest BCUT2D eigenvalue weighted by Gasteiger charge is 2.45. The average molecular weight is 282 g/mol. The molecule has 1 unspecified atom stereocenters. The zero-order chi connectivity index (χ0) is 13.9. The van der Waals surface area contributed by atoms with Crippen molar-refractivity contribution in [3.05, 3.63) is 29.8 Å². The molecule has 104 valence electrons. The summed E-state index contributed by atoms with van der Waals surface area (Å²) in [6, 6.07) is 6.80. The first kappa shape index (κ1) is 14.1. The number of ether oxygens (including phenoxy) is 1. The Kier molecular flexibility index (Phi) is 4.24. The van der Waals surface area contributed by atoms with E-state index in [9.17, 15) is 14.1 Å². The number of esters is 1. The molecule has 1 fully saturated rings. The predicted octanol–water partition coefficient (Wildman–Crippen LogP) is 1.98. The molecule has 1 aliphatic carbocycles. The van der Waals surface area contributed by atoms with E-state index in [2.05, 4.69) is 4.74 Å². The number of methoxy groups -OCH3 is 1. The minimum atomic E-state index is -1.02. The van der Waals surface area contributed by atoms with Crippen LogP contribution < -0.4 is 0 Å². The largest absolute Gasteiger partial charge is 0.508 e. The van der Waals surface area contributed by atoms with Gasteiger partial charge in [0.25, 0.3) is 0 Å². The maximum absolute atomic E-state index is 12.1. The minimum absolute atomic E-state index is 0.116. The van der Waals surface area contributed by atoms with Crippen LogP contribution in [0.2, 0.25) is 0 Å². The first-order chi connectivity index (χ1) is 9.03. The van der Waals surface area contributed by atoms with Gasteiger partial charge < -0.3 is 9.84 Å². The number of aromatic hydroxyl groups is 1. The molecule has 1 saturated carbocycles. The Bertz CT molecular complexity index is 494. The van der Waals surface area contributed by atoms with Gasteiger partial charge in [0, 0.05) is 22.3 Å². The van der Waals surface area contributed by atoms with Gasteiger partial charge in [-0.05, 0) is 36.0 Å². The van der Waals surface area contributed by atoms with Crippen molar-refractivity contribution in [3.8, 4) is 5.75 Å². The normalized spacial score (nSPS) is 17.7. The van der Waals surface area contributed by atoms with Crippen LogP contribution in [0.3, 0.4) is 0 Å².